The fraction of sp³-hybridized carbons (Fsp3) is 0.294. The third-order valence-electron chi connectivity index (χ3n) is 3.13. The number of hydrogen-bond acceptors (Lipinski definition) is 3. The Bertz CT molecular complexity index is 601. The molecule has 4 heteroatoms. The lowest BCUT2D eigenvalue weighted by Crippen LogP contribution is -2.06. The Balaban J connectivity index is 2.20. The van der Waals surface area contributed by atoms with Crippen molar-refractivity contribution in [3.63, 3.8) is 0 Å². The molecule has 2 N–H and O–H groups in total. The highest BCUT2D eigenvalue weighted by atomic mass is 32.2. The second-order valence-corrected chi connectivity index (χ2v) is 5.83. The zero-order valence-electron chi connectivity index (χ0n) is 12.3. The van der Waals surface area contributed by atoms with Crippen molar-refractivity contribution in [1.29, 1.82) is 0 Å². The molecule has 0 aliphatic rings. The van der Waals surface area contributed by atoms with Gasteiger partial charge in [-0.25, -0.2) is 4.39 Å². The van der Waals surface area contributed by atoms with E-state index in [1.165, 1.54) is 17.8 Å². The summed E-state index contributed by atoms with van der Waals surface area (Å²) in [5, 5.41) is 0. The van der Waals surface area contributed by atoms with Gasteiger partial charge in [-0.15, -0.1) is 11.8 Å². The molecular weight excluding hydrogens is 285 g/mol. The highest BCUT2D eigenvalue weighted by molar-refractivity contribution is 7.98. The quantitative estimate of drug-likeness (QED) is 0.796. The predicted octanol–water partition coefficient (Wildman–Crippen LogP) is 4.54. The zero-order chi connectivity index (χ0) is 15.2. The fourth-order valence-electron chi connectivity index (χ4n) is 2.01. The Morgan fingerprint density at radius 1 is 1.24 bits per heavy atom. The molecule has 112 valence electrons. The van der Waals surface area contributed by atoms with E-state index in [-0.39, 0.29) is 11.9 Å². The molecule has 2 rings (SSSR count). The summed E-state index contributed by atoms with van der Waals surface area (Å²) in [5.74, 6) is 1.30. The highest BCUT2D eigenvalue weighted by Gasteiger charge is 2.09. The molecule has 0 amide bonds. The number of thioether (sulfide) groups is 1. The van der Waals surface area contributed by atoms with E-state index in [0.29, 0.717) is 17.3 Å². The normalized spacial score (nSPS) is 12.2. The number of hydrogen-bond donors (Lipinski definition) is 1. The molecule has 0 saturated carbocycles. The minimum Gasteiger partial charge on any atom is -0.494 e. The van der Waals surface area contributed by atoms with Crippen molar-refractivity contribution >= 4 is 11.8 Å². The van der Waals surface area contributed by atoms with Crippen LogP contribution >= 0.6 is 11.8 Å². The Morgan fingerprint density at radius 2 is 2.00 bits per heavy atom. The largest absolute Gasteiger partial charge is 0.494 e. The van der Waals surface area contributed by atoms with Crippen molar-refractivity contribution in [3.05, 3.63) is 59.4 Å². The summed E-state index contributed by atoms with van der Waals surface area (Å²) in [6.07, 6.45) is 0. The number of benzene rings is 2. The van der Waals surface area contributed by atoms with Crippen molar-refractivity contribution in [2.24, 2.45) is 5.73 Å². The van der Waals surface area contributed by atoms with Crippen LogP contribution in [-0.4, -0.2) is 6.61 Å². The molecule has 0 aliphatic carbocycles. The van der Waals surface area contributed by atoms with E-state index in [4.69, 9.17) is 10.5 Å². The van der Waals surface area contributed by atoms with E-state index in [9.17, 15) is 4.39 Å². The lowest BCUT2D eigenvalue weighted by atomic mass is 10.1. The number of rotatable bonds is 6. The van der Waals surface area contributed by atoms with Crippen LogP contribution in [0.4, 0.5) is 4.39 Å². The van der Waals surface area contributed by atoms with Crippen LogP contribution in [0.5, 0.6) is 5.75 Å². The van der Waals surface area contributed by atoms with Crippen LogP contribution in [0.3, 0.4) is 0 Å². The van der Waals surface area contributed by atoms with Crippen LogP contribution in [0.25, 0.3) is 0 Å². The van der Waals surface area contributed by atoms with Gasteiger partial charge in [0, 0.05) is 22.3 Å². The lowest BCUT2D eigenvalue weighted by Gasteiger charge is -2.14. The summed E-state index contributed by atoms with van der Waals surface area (Å²) < 4.78 is 19.3. The maximum absolute atomic E-state index is 13.7. The van der Waals surface area contributed by atoms with E-state index in [1.54, 1.807) is 12.1 Å². The minimum absolute atomic E-state index is 0.0297. The van der Waals surface area contributed by atoms with Crippen molar-refractivity contribution in [1.82, 2.24) is 0 Å². The third kappa shape index (κ3) is 4.22. The molecule has 0 spiro atoms. The van der Waals surface area contributed by atoms with Crippen LogP contribution < -0.4 is 10.5 Å². The van der Waals surface area contributed by atoms with Gasteiger partial charge < -0.3 is 10.5 Å². The Hall–Kier alpha value is -1.52. The standard InChI is InChI=1S/C17H20FNOS/c1-3-20-16-9-8-13(12(2)19)10-14(16)11-21-17-7-5-4-6-15(17)18/h4-10,12H,3,11,19H2,1-2H3. The van der Waals surface area contributed by atoms with Gasteiger partial charge in [-0.3, -0.25) is 0 Å². The molecule has 0 saturated heterocycles. The van der Waals surface area contributed by atoms with E-state index < -0.39 is 0 Å². The van der Waals surface area contributed by atoms with E-state index in [0.717, 1.165) is 16.9 Å². The molecule has 2 aromatic rings. The lowest BCUT2D eigenvalue weighted by molar-refractivity contribution is 0.337. The topological polar surface area (TPSA) is 35.2 Å². The minimum atomic E-state index is -0.191. The van der Waals surface area contributed by atoms with Crippen LogP contribution in [0.2, 0.25) is 0 Å². The second kappa shape index (κ2) is 7.48. The molecule has 0 fully saturated rings. The van der Waals surface area contributed by atoms with Crippen molar-refractivity contribution in [2.75, 3.05) is 6.61 Å². The first-order valence-electron chi connectivity index (χ1n) is 7.00. The molecule has 1 atom stereocenters. The average Bonchev–Trinajstić information content (AvgIpc) is 2.47. The molecule has 0 aromatic heterocycles. The summed E-state index contributed by atoms with van der Waals surface area (Å²) in [6, 6.07) is 12.7. The smallest absolute Gasteiger partial charge is 0.136 e. The van der Waals surface area contributed by atoms with Gasteiger partial charge in [-0.2, -0.15) is 0 Å². The highest BCUT2D eigenvalue weighted by Crippen LogP contribution is 2.31. The Morgan fingerprint density at radius 3 is 2.67 bits per heavy atom. The van der Waals surface area contributed by atoms with Crippen LogP contribution in [0.15, 0.2) is 47.4 Å². The van der Waals surface area contributed by atoms with Gasteiger partial charge in [-0.1, -0.05) is 18.2 Å². The Kier molecular flexibility index (Phi) is 5.65. The maximum Gasteiger partial charge on any atom is 0.136 e. The van der Waals surface area contributed by atoms with Crippen molar-refractivity contribution in [2.45, 2.75) is 30.5 Å². The summed E-state index contributed by atoms with van der Waals surface area (Å²) in [7, 11) is 0. The monoisotopic (exact) mass is 305 g/mol. The molecule has 0 heterocycles. The molecule has 2 nitrogen and oxygen atoms in total. The first-order valence-corrected chi connectivity index (χ1v) is 7.99. The second-order valence-electron chi connectivity index (χ2n) is 4.81. The Labute approximate surface area is 129 Å². The molecule has 1 unspecified atom stereocenters. The predicted molar refractivity (Wildman–Crippen MR) is 86.2 cm³/mol. The van der Waals surface area contributed by atoms with Gasteiger partial charge in [-0.05, 0) is 43.7 Å². The maximum atomic E-state index is 13.7. The fourth-order valence-corrected chi connectivity index (χ4v) is 2.93. The number of ether oxygens (including phenoxy) is 1. The van der Waals surface area contributed by atoms with E-state index >= 15 is 0 Å². The SMILES string of the molecule is CCOc1ccc(C(C)N)cc1CSc1ccccc1F. The van der Waals surface area contributed by atoms with Gasteiger partial charge in [0.05, 0.1) is 6.61 Å². The van der Waals surface area contributed by atoms with Crippen molar-refractivity contribution < 1.29 is 9.13 Å². The van der Waals surface area contributed by atoms with Gasteiger partial charge in [0.15, 0.2) is 0 Å². The summed E-state index contributed by atoms with van der Waals surface area (Å²) in [6.45, 7) is 4.51. The zero-order valence-corrected chi connectivity index (χ0v) is 13.1. The number of halogens is 1. The molecule has 0 aliphatic heterocycles. The average molecular weight is 305 g/mol. The third-order valence-corrected chi connectivity index (χ3v) is 4.23. The van der Waals surface area contributed by atoms with Gasteiger partial charge in [0.25, 0.3) is 0 Å². The first kappa shape index (κ1) is 15.9. The van der Waals surface area contributed by atoms with E-state index in [2.05, 4.69) is 0 Å². The molecule has 0 bridgehead atoms. The first-order chi connectivity index (χ1) is 10.1. The summed E-state index contributed by atoms with van der Waals surface area (Å²) in [5.41, 5.74) is 8.03. The van der Waals surface area contributed by atoms with Crippen molar-refractivity contribution in [3.8, 4) is 5.75 Å². The molecule has 0 radical (unpaired) electrons. The summed E-state index contributed by atoms with van der Waals surface area (Å²) in [4.78, 5) is 0.645. The van der Waals surface area contributed by atoms with Crippen LogP contribution in [0.1, 0.15) is 31.0 Å². The van der Waals surface area contributed by atoms with Gasteiger partial charge in [0.1, 0.15) is 11.6 Å². The van der Waals surface area contributed by atoms with Crippen LogP contribution in [0, 0.1) is 5.82 Å². The molecule has 21 heavy (non-hydrogen) atoms. The van der Waals surface area contributed by atoms with E-state index in [1.807, 2.05) is 38.1 Å². The van der Waals surface area contributed by atoms with Crippen LogP contribution in [-0.2, 0) is 5.75 Å². The van der Waals surface area contributed by atoms with Gasteiger partial charge in [0.2, 0.25) is 0 Å². The number of nitrogens with two attached hydrogens (primary N) is 1. The summed E-state index contributed by atoms with van der Waals surface area (Å²) >= 11 is 1.46. The molecule has 2 aromatic carbocycles. The molecular formula is C17H20FNOS. The van der Waals surface area contributed by atoms with Gasteiger partial charge >= 0.3 is 0 Å².